The molecule has 3 heterocycles. The number of hydrogen-bond acceptors (Lipinski definition) is 6. The average molecular weight is 423 g/mol. The highest BCUT2D eigenvalue weighted by molar-refractivity contribution is 7.13. The number of H-pyrrole nitrogens is 1. The first-order valence-corrected chi connectivity index (χ1v) is 10.4. The topological polar surface area (TPSA) is 97.2 Å². The molecular weight excluding hydrogens is 402 g/mol. The van der Waals surface area contributed by atoms with Crippen LogP contribution in [0.15, 0.2) is 52.4 Å². The number of benzene rings is 1. The Labute approximate surface area is 177 Å². The number of rotatable bonds is 7. The van der Waals surface area contributed by atoms with Gasteiger partial charge in [-0.2, -0.15) is 0 Å². The van der Waals surface area contributed by atoms with Crippen LogP contribution >= 0.6 is 11.3 Å². The summed E-state index contributed by atoms with van der Waals surface area (Å²) in [6, 6.07) is 10.8. The van der Waals surface area contributed by atoms with Gasteiger partial charge in [0, 0.05) is 23.5 Å². The number of amides is 1. The number of hydrogen-bond donors (Lipinski definition) is 2. The number of aromatic nitrogens is 2. The van der Waals surface area contributed by atoms with Gasteiger partial charge in [-0.05, 0) is 30.0 Å². The van der Waals surface area contributed by atoms with Crippen molar-refractivity contribution in [3.63, 3.8) is 0 Å². The summed E-state index contributed by atoms with van der Waals surface area (Å²) in [7, 11) is 1.31. The van der Waals surface area contributed by atoms with Crippen LogP contribution in [0.25, 0.3) is 21.7 Å². The van der Waals surface area contributed by atoms with Crippen LogP contribution in [0.1, 0.15) is 17.0 Å². The van der Waals surface area contributed by atoms with Crippen LogP contribution in [0, 0.1) is 6.92 Å². The molecule has 1 aromatic carbocycles. The molecule has 1 atom stereocenters. The van der Waals surface area contributed by atoms with Gasteiger partial charge in [0.25, 0.3) is 0 Å². The molecule has 0 aliphatic rings. The number of carbonyl (C=O) groups excluding carboxylic acids is 2. The molecule has 0 saturated carbocycles. The lowest BCUT2D eigenvalue weighted by atomic mass is 10.0. The number of nitrogens with one attached hydrogen (secondary N) is 2. The standard InChI is InChI=1S/C22H21N3O4S/c1-13-17(25-21(29-13)19-8-5-9-30-19)11-20(26)24-18(22(27)28-2)10-14-12-23-16-7-4-3-6-15(14)16/h3-9,12,18,23H,10-11H2,1-2H3,(H,24,26). The lowest BCUT2D eigenvalue weighted by Gasteiger charge is -2.16. The van der Waals surface area contributed by atoms with Crippen LogP contribution in [-0.4, -0.2) is 35.0 Å². The summed E-state index contributed by atoms with van der Waals surface area (Å²) in [5.41, 5.74) is 2.45. The molecule has 4 rings (SSSR count). The Bertz CT molecular complexity index is 1180. The fourth-order valence-corrected chi connectivity index (χ4v) is 4.00. The van der Waals surface area contributed by atoms with Gasteiger partial charge in [0.1, 0.15) is 11.8 Å². The number of thiophene rings is 1. The Balaban J connectivity index is 1.48. The maximum atomic E-state index is 12.7. The molecule has 154 valence electrons. The van der Waals surface area contributed by atoms with Crippen molar-refractivity contribution in [3.05, 3.63) is 65.0 Å². The molecule has 2 N–H and O–H groups in total. The third-order valence-corrected chi connectivity index (χ3v) is 5.73. The second-order valence-electron chi connectivity index (χ2n) is 6.88. The number of esters is 1. The molecule has 0 saturated heterocycles. The Morgan fingerprint density at radius 3 is 2.87 bits per heavy atom. The van der Waals surface area contributed by atoms with Crippen molar-refractivity contribution in [3.8, 4) is 10.8 Å². The van der Waals surface area contributed by atoms with E-state index in [-0.39, 0.29) is 12.3 Å². The van der Waals surface area contributed by atoms with Gasteiger partial charge in [0.15, 0.2) is 0 Å². The van der Waals surface area contributed by atoms with E-state index in [2.05, 4.69) is 15.3 Å². The van der Waals surface area contributed by atoms with Gasteiger partial charge in [-0.1, -0.05) is 24.3 Å². The third-order valence-electron chi connectivity index (χ3n) is 4.87. The maximum absolute atomic E-state index is 12.7. The van der Waals surface area contributed by atoms with E-state index in [4.69, 9.17) is 9.15 Å². The van der Waals surface area contributed by atoms with Gasteiger partial charge in [-0.3, -0.25) is 4.79 Å². The minimum Gasteiger partial charge on any atom is -0.467 e. The fraction of sp³-hybridized carbons (Fsp3) is 0.227. The molecule has 8 heteroatoms. The number of oxazole rings is 1. The van der Waals surface area contributed by atoms with Crippen molar-refractivity contribution in [2.75, 3.05) is 7.11 Å². The SMILES string of the molecule is COC(=O)C(Cc1c[nH]c2ccccc12)NC(=O)Cc1nc(-c2cccs2)oc1C. The minimum atomic E-state index is -0.800. The molecule has 0 aliphatic carbocycles. The van der Waals surface area contributed by atoms with Crippen molar-refractivity contribution in [1.29, 1.82) is 0 Å². The highest BCUT2D eigenvalue weighted by Gasteiger charge is 2.24. The van der Waals surface area contributed by atoms with E-state index in [9.17, 15) is 9.59 Å². The monoisotopic (exact) mass is 423 g/mol. The Kier molecular flexibility index (Phi) is 5.67. The molecule has 3 aromatic heterocycles. The number of nitrogens with zero attached hydrogens (tertiary/aromatic N) is 1. The summed E-state index contributed by atoms with van der Waals surface area (Å²) < 4.78 is 10.6. The molecule has 0 radical (unpaired) electrons. The van der Waals surface area contributed by atoms with E-state index in [0.29, 0.717) is 23.8 Å². The molecular formula is C22H21N3O4S. The first kappa shape index (κ1) is 19.9. The molecule has 0 fully saturated rings. The number of aryl methyl sites for hydroxylation is 1. The number of ether oxygens (including phenoxy) is 1. The van der Waals surface area contributed by atoms with Crippen molar-refractivity contribution >= 4 is 34.1 Å². The molecule has 0 aliphatic heterocycles. The summed E-state index contributed by atoms with van der Waals surface area (Å²) in [6.45, 7) is 1.77. The van der Waals surface area contributed by atoms with Gasteiger partial charge in [-0.25, -0.2) is 9.78 Å². The number of fused-ring (bicyclic) bond motifs is 1. The highest BCUT2D eigenvalue weighted by Crippen LogP contribution is 2.26. The lowest BCUT2D eigenvalue weighted by Crippen LogP contribution is -2.43. The predicted octanol–water partition coefficient (Wildman–Crippen LogP) is 3.64. The zero-order chi connectivity index (χ0) is 21.1. The lowest BCUT2D eigenvalue weighted by molar-refractivity contribution is -0.145. The van der Waals surface area contributed by atoms with Crippen molar-refractivity contribution in [2.24, 2.45) is 0 Å². The molecule has 1 unspecified atom stereocenters. The summed E-state index contributed by atoms with van der Waals surface area (Å²) in [5, 5.41) is 5.73. The van der Waals surface area contributed by atoms with E-state index in [0.717, 1.165) is 21.3 Å². The van der Waals surface area contributed by atoms with Gasteiger partial charge in [0.05, 0.1) is 24.1 Å². The fourth-order valence-electron chi connectivity index (χ4n) is 3.35. The molecule has 1 amide bonds. The summed E-state index contributed by atoms with van der Waals surface area (Å²) in [6.07, 6.45) is 2.19. The number of aromatic amines is 1. The van der Waals surface area contributed by atoms with Gasteiger partial charge < -0.3 is 19.5 Å². The van der Waals surface area contributed by atoms with Crippen LogP contribution in [-0.2, 0) is 27.2 Å². The molecule has 4 aromatic rings. The quantitative estimate of drug-likeness (QED) is 0.443. The first-order valence-electron chi connectivity index (χ1n) is 9.47. The third kappa shape index (κ3) is 4.13. The second-order valence-corrected chi connectivity index (χ2v) is 7.83. The Morgan fingerprint density at radius 2 is 2.10 bits per heavy atom. The average Bonchev–Trinajstić information content (AvgIpc) is 3.48. The predicted molar refractivity (Wildman–Crippen MR) is 114 cm³/mol. The number of carbonyl (C=O) groups is 2. The minimum absolute atomic E-state index is 0.0160. The smallest absolute Gasteiger partial charge is 0.328 e. The van der Waals surface area contributed by atoms with Crippen LogP contribution in [0.2, 0.25) is 0 Å². The first-order chi connectivity index (χ1) is 14.5. The molecule has 0 spiro atoms. The molecule has 7 nitrogen and oxygen atoms in total. The van der Waals surface area contributed by atoms with E-state index < -0.39 is 12.0 Å². The summed E-state index contributed by atoms with van der Waals surface area (Å²) >= 11 is 1.52. The highest BCUT2D eigenvalue weighted by atomic mass is 32.1. The normalized spacial score (nSPS) is 12.1. The zero-order valence-corrected chi connectivity index (χ0v) is 17.4. The summed E-state index contributed by atoms with van der Waals surface area (Å²) in [5.74, 6) is 0.262. The Hall–Kier alpha value is -3.39. The van der Waals surface area contributed by atoms with Crippen LogP contribution in [0.3, 0.4) is 0 Å². The molecule has 0 bridgehead atoms. The van der Waals surface area contributed by atoms with E-state index in [1.165, 1.54) is 18.4 Å². The largest absolute Gasteiger partial charge is 0.467 e. The van der Waals surface area contributed by atoms with E-state index in [1.807, 2.05) is 48.0 Å². The molecule has 30 heavy (non-hydrogen) atoms. The van der Waals surface area contributed by atoms with Crippen molar-refractivity contribution in [1.82, 2.24) is 15.3 Å². The summed E-state index contributed by atoms with van der Waals surface area (Å²) in [4.78, 5) is 33.5. The van der Waals surface area contributed by atoms with Gasteiger partial charge in [-0.15, -0.1) is 11.3 Å². The van der Waals surface area contributed by atoms with E-state index in [1.54, 1.807) is 6.92 Å². The number of methoxy groups -OCH3 is 1. The van der Waals surface area contributed by atoms with Crippen LogP contribution in [0.5, 0.6) is 0 Å². The van der Waals surface area contributed by atoms with Gasteiger partial charge in [0.2, 0.25) is 11.8 Å². The van der Waals surface area contributed by atoms with Crippen LogP contribution in [0.4, 0.5) is 0 Å². The maximum Gasteiger partial charge on any atom is 0.328 e. The second kappa shape index (κ2) is 8.54. The van der Waals surface area contributed by atoms with Crippen molar-refractivity contribution in [2.45, 2.75) is 25.8 Å². The number of para-hydroxylation sites is 1. The van der Waals surface area contributed by atoms with E-state index >= 15 is 0 Å². The van der Waals surface area contributed by atoms with Crippen molar-refractivity contribution < 1.29 is 18.7 Å². The van der Waals surface area contributed by atoms with Gasteiger partial charge >= 0.3 is 5.97 Å². The zero-order valence-electron chi connectivity index (χ0n) is 16.6. The Morgan fingerprint density at radius 1 is 1.27 bits per heavy atom. The van der Waals surface area contributed by atoms with Crippen LogP contribution < -0.4 is 5.32 Å².